The summed E-state index contributed by atoms with van der Waals surface area (Å²) in [5, 5.41) is 3.34. The monoisotopic (exact) mass is 394 g/mol. The Morgan fingerprint density at radius 2 is 2.08 bits per heavy atom. The van der Waals surface area contributed by atoms with Crippen molar-refractivity contribution in [1.29, 1.82) is 0 Å². The summed E-state index contributed by atoms with van der Waals surface area (Å²) in [6, 6.07) is 7.15. The summed E-state index contributed by atoms with van der Waals surface area (Å²) < 4.78 is 23.2. The predicted octanol–water partition coefficient (Wildman–Crippen LogP) is 1.68. The molecule has 1 N–H and O–H groups in total. The highest BCUT2D eigenvalue weighted by Gasteiger charge is 2.31. The zero-order valence-electron chi connectivity index (χ0n) is 14.2. The predicted molar refractivity (Wildman–Crippen MR) is 100 cm³/mol. The van der Waals surface area contributed by atoms with Gasteiger partial charge in [-0.2, -0.15) is 0 Å². The third-order valence-corrected chi connectivity index (χ3v) is 6.50. The number of hydrogen-bond acceptors (Lipinski definition) is 6. The van der Waals surface area contributed by atoms with E-state index in [4.69, 9.17) is 11.6 Å². The molecule has 1 saturated heterocycles. The summed E-state index contributed by atoms with van der Waals surface area (Å²) in [5.41, 5.74) is 1.00. The highest BCUT2D eigenvalue weighted by atomic mass is 35.5. The lowest BCUT2D eigenvalue weighted by atomic mass is 10.2. The standard InChI is InChI=1S/C17H19ClN4O3S/c1-22(13-6-7-26(24,25)11-13)16-10-19-15(9-20-16)17(23)21-8-12-4-2-3-5-14(12)18/h2-5,9-10,13H,6-8,11H2,1H3,(H,21,23). The quantitative estimate of drug-likeness (QED) is 0.829. The zero-order valence-corrected chi connectivity index (χ0v) is 15.8. The molecule has 26 heavy (non-hydrogen) atoms. The number of nitrogens with one attached hydrogen (secondary N) is 1. The van der Waals surface area contributed by atoms with Crippen molar-refractivity contribution in [1.82, 2.24) is 15.3 Å². The lowest BCUT2D eigenvalue weighted by Crippen LogP contribution is -2.33. The molecule has 1 amide bonds. The van der Waals surface area contributed by atoms with Gasteiger partial charge in [-0.05, 0) is 18.1 Å². The smallest absolute Gasteiger partial charge is 0.271 e. The molecule has 1 fully saturated rings. The molecule has 0 spiro atoms. The number of amides is 1. The van der Waals surface area contributed by atoms with Crippen LogP contribution in [0.25, 0.3) is 0 Å². The number of hydrogen-bond donors (Lipinski definition) is 1. The minimum atomic E-state index is -2.97. The van der Waals surface area contributed by atoms with E-state index in [1.807, 2.05) is 18.2 Å². The second-order valence-corrected chi connectivity index (χ2v) is 8.84. The van der Waals surface area contributed by atoms with E-state index in [-0.39, 0.29) is 29.1 Å². The third-order valence-electron chi connectivity index (χ3n) is 4.39. The van der Waals surface area contributed by atoms with Gasteiger partial charge in [0.2, 0.25) is 0 Å². The molecular formula is C17H19ClN4O3S. The Hall–Kier alpha value is -2.19. The van der Waals surface area contributed by atoms with E-state index < -0.39 is 9.84 Å². The minimum absolute atomic E-state index is 0.116. The van der Waals surface area contributed by atoms with Crippen molar-refractivity contribution in [3.63, 3.8) is 0 Å². The van der Waals surface area contributed by atoms with E-state index in [1.165, 1.54) is 12.4 Å². The number of carbonyl (C=O) groups is 1. The third kappa shape index (κ3) is 4.31. The number of aromatic nitrogens is 2. The number of nitrogens with zero attached hydrogens (tertiary/aromatic N) is 3. The summed E-state index contributed by atoms with van der Waals surface area (Å²) in [7, 11) is -1.19. The molecule has 2 heterocycles. The average molecular weight is 395 g/mol. The number of rotatable bonds is 5. The van der Waals surface area contributed by atoms with Gasteiger partial charge in [-0.3, -0.25) is 4.79 Å². The van der Waals surface area contributed by atoms with Gasteiger partial charge in [-0.15, -0.1) is 0 Å². The van der Waals surface area contributed by atoms with Crippen LogP contribution in [0.5, 0.6) is 0 Å². The zero-order chi connectivity index (χ0) is 18.7. The molecule has 1 unspecified atom stereocenters. The molecule has 1 atom stereocenters. The van der Waals surface area contributed by atoms with Gasteiger partial charge in [-0.25, -0.2) is 18.4 Å². The van der Waals surface area contributed by atoms with Crippen LogP contribution in [-0.2, 0) is 16.4 Å². The first-order valence-corrected chi connectivity index (χ1v) is 10.3. The molecule has 0 aliphatic carbocycles. The van der Waals surface area contributed by atoms with E-state index in [0.717, 1.165) is 5.56 Å². The highest BCUT2D eigenvalue weighted by Crippen LogP contribution is 2.20. The van der Waals surface area contributed by atoms with Gasteiger partial charge in [0.25, 0.3) is 5.91 Å². The molecular weight excluding hydrogens is 376 g/mol. The summed E-state index contributed by atoms with van der Waals surface area (Å²) in [6.07, 6.45) is 3.44. The second kappa shape index (κ2) is 7.59. The van der Waals surface area contributed by atoms with Gasteiger partial charge in [0.15, 0.2) is 9.84 Å². The van der Waals surface area contributed by atoms with Crippen molar-refractivity contribution < 1.29 is 13.2 Å². The summed E-state index contributed by atoms with van der Waals surface area (Å²) in [6.45, 7) is 0.293. The Morgan fingerprint density at radius 3 is 2.69 bits per heavy atom. The van der Waals surface area contributed by atoms with Gasteiger partial charge in [0.05, 0.1) is 23.9 Å². The fraction of sp³-hybridized carbons (Fsp3) is 0.353. The Labute approximate surface area is 157 Å². The first kappa shape index (κ1) is 18.6. The fourth-order valence-corrected chi connectivity index (χ4v) is 4.77. The summed E-state index contributed by atoms with van der Waals surface area (Å²) in [5.74, 6) is 0.494. The van der Waals surface area contributed by atoms with Crippen molar-refractivity contribution in [2.24, 2.45) is 0 Å². The number of carbonyl (C=O) groups excluding carboxylic acids is 1. The second-order valence-electron chi connectivity index (χ2n) is 6.20. The molecule has 138 valence electrons. The number of halogens is 1. The number of sulfone groups is 1. The Bertz CT molecular complexity index is 902. The molecule has 3 rings (SSSR count). The van der Waals surface area contributed by atoms with Crippen LogP contribution in [0.4, 0.5) is 5.82 Å². The maximum atomic E-state index is 12.2. The van der Waals surface area contributed by atoms with Crippen LogP contribution < -0.4 is 10.2 Å². The Balaban J connectivity index is 1.62. The molecule has 7 nitrogen and oxygen atoms in total. The molecule has 1 aromatic carbocycles. The van der Waals surface area contributed by atoms with Crippen LogP contribution in [0.15, 0.2) is 36.7 Å². The molecule has 9 heteroatoms. The van der Waals surface area contributed by atoms with Crippen molar-refractivity contribution >= 4 is 33.2 Å². The molecule has 1 aliphatic rings. The highest BCUT2D eigenvalue weighted by molar-refractivity contribution is 7.91. The lowest BCUT2D eigenvalue weighted by Gasteiger charge is -2.24. The normalized spacial score (nSPS) is 18.5. The van der Waals surface area contributed by atoms with E-state index in [0.29, 0.717) is 23.8 Å². The van der Waals surface area contributed by atoms with E-state index in [1.54, 1.807) is 18.0 Å². The van der Waals surface area contributed by atoms with Gasteiger partial charge in [0, 0.05) is 24.7 Å². The molecule has 1 aromatic heterocycles. The van der Waals surface area contributed by atoms with Crippen molar-refractivity contribution in [2.45, 2.75) is 19.0 Å². The van der Waals surface area contributed by atoms with Crippen LogP contribution in [-0.4, -0.2) is 48.9 Å². The van der Waals surface area contributed by atoms with Crippen LogP contribution in [0.3, 0.4) is 0 Å². The topological polar surface area (TPSA) is 92.3 Å². The maximum absolute atomic E-state index is 12.2. The molecule has 0 bridgehead atoms. The molecule has 1 aliphatic heterocycles. The average Bonchev–Trinajstić information content (AvgIpc) is 3.00. The van der Waals surface area contributed by atoms with Crippen LogP contribution >= 0.6 is 11.6 Å². The number of benzene rings is 1. The fourth-order valence-electron chi connectivity index (χ4n) is 2.80. The van der Waals surface area contributed by atoms with Gasteiger partial charge in [-0.1, -0.05) is 29.8 Å². The van der Waals surface area contributed by atoms with E-state index >= 15 is 0 Å². The Morgan fingerprint density at radius 1 is 1.31 bits per heavy atom. The van der Waals surface area contributed by atoms with Crippen LogP contribution in [0.2, 0.25) is 5.02 Å². The van der Waals surface area contributed by atoms with Crippen molar-refractivity contribution in [3.8, 4) is 0 Å². The summed E-state index contributed by atoms with van der Waals surface area (Å²) >= 11 is 6.06. The van der Waals surface area contributed by atoms with E-state index in [2.05, 4.69) is 15.3 Å². The molecule has 0 radical (unpaired) electrons. The van der Waals surface area contributed by atoms with Gasteiger partial charge >= 0.3 is 0 Å². The first-order chi connectivity index (χ1) is 12.4. The lowest BCUT2D eigenvalue weighted by molar-refractivity contribution is 0.0945. The van der Waals surface area contributed by atoms with Crippen LogP contribution in [0.1, 0.15) is 22.5 Å². The molecule has 0 saturated carbocycles. The minimum Gasteiger partial charge on any atom is -0.354 e. The first-order valence-electron chi connectivity index (χ1n) is 8.12. The molecule has 2 aromatic rings. The van der Waals surface area contributed by atoms with E-state index in [9.17, 15) is 13.2 Å². The largest absolute Gasteiger partial charge is 0.354 e. The van der Waals surface area contributed by atoms with Gasteiger partial charge in [0.1, 0.15) is 11.5 Å². The summed E-state index contributed by atoms with van der Waals surface area (Å²) in [4.78, 5) is 22.4. The Kier molecular flexibility index (Phi) is 5.43. The van der Waals surface area contributed by atoms with Crippen molar-refractivity contribution in [3.05, 3.63) is 52.9 Å². The van der Waals surface area contributed by atoms with Crippen molar-refractivity contribution in [2.75, 3.05) is 23.5 Å². The van der Waals surface area contributed by atoms with Crippen LogP contribution in [0, 0.1) is 0 Å². The van der Waals surface area contributed by atoms with Gasteiger partial charge < -0.3 is 10.2 Å². The SMILES string of the molecule is CN(c1cnc(C(=O)NCc2ccccc2Cl)cn1)C1CCS(=O)(=O)C1. The number of anilines is 1. The maximum Gasteiger partial charge on any atom is 0.271 e.